The maximum atomic E-state index is 12.5. The minimum Gasteiger partial charge on any atom is -0.454 e. The molecule has 4 rings (SSSR count). The molecule has 0 atom stereocenters. The number of hydrogen-bond acceptors (Lipinski definition) is 5. The van der Waals surface area contributed by atoms with Gasteiger partial charge in [0.2, 0.25) is 6.79 Å². The lowest BCUT2D eigenvalue weighted by atomic mass is 10.1. The molecule has 144 valence electrons. The van der Waals surface area contributed by atoms with Gasteiger partial charge in [-0.25, -0.2) is 5.43 Å². The Bertz CT molecular complexity index is 1080. The highest BCUT2D eigenvalue weighted by Crippen LogP contribution is 2.31. The van der Waals surface area contributed by atoms with Gasteiger partial charge < -0.3 is 14.8 Å². The van der Waals surface area contributed by atoms with Crippen LogP contribution in [-0.4, -0.2) is 24.8 Å². The molecule has 0 saturated carbocycles. The van der Waals surface area contributed by atoms with Gasteiger partial charge in [-0.05, 0) is 48.0 Å². The minimum absolute atomic E-state index is 0.193. The third kappa shape index (κ3) is 4.24. The van der Waals surface area contributed by atoms with Crippen LogP contribution in [0.1, 0.15) is 26.3 Å². The number of hydrogen-bond donors (Lipinski definition) is 2. The molecule has 3 aromatic rings. The summed E-state index contributed by atoms with van der Waals surface area (Å²) < 4.78 is 10.6. The van der Waals surface area contributed by atoms with E-state index in [4.69, 9.17) is 9.47 Å². The molecule has 0 radical (unpaired) electrons. The third-order valence-corrected chi connectivity index (χ3v) is 4.23. The van der Waals surface area contributed by atoms with E-state index in [0.29, 0.717) is 28.3 Å². The highest BCUT2D eigenvalue weighted by atomic mass is 16.7. The van der Waals surface area contributed by atoms with Gasteiger partial charge in [0.1, 0.15) is 0 Å². The van der Waals surface area contributed by atoms with Gasteiger partial charge in [-0.2, -0.15) is 5.10 Å². The quantitative estimate of drug-likeness (QED) is 0.519. The van der Waals surface area contributed by atoms with Crippen molar-refractivity contribution < 1.29 is 19.1 Å². The summed E-state index contributed by atoms with van der Waals surface area (Å²) >= 11 is 0. The normalized spacial score (nSPS) is 12.0. The maximum absolute atomic E-state index is 12.5. The topological polar surface area (TPSA) is 89.0 Å². The second-order valence-corrected chi connectivity index (χ2v) is 6.18. The van der Waals surface area contributed by atoms with E-state index in [1.165, 1.54) is 6.21 Å². The third-order valence-electron chi connectivity index (χ3n) is 4.23. The van der Waals surface area contributed by atoms with Gasteiger partial charge in [-0.3, -0.25) is 9.59 Å². The molecule has 1 heterocycles. The number of carbonyl (C=O) groups is 2. The number of para-hydroxylation sites is 1. The number of hydrazone groups is 1. The molecular weight excluding hydrogens is 370 g/mol. The van der Waals surface area contributed by atoms with E-state index in [1.807, 2.05) is 6.07 Å². The standard InChI is InChI=1S/C22H17N3O4/c26-21(16-6-2-1-3-7-16)24-18-9-5-4-8-17(18)22(27)25-23-13-15-10-11-19-20(12-15)29-14-28-19/h1-13H,14H2,(H,24,26)(H,25,27)/b23-13+. The monoisotopic (exact) mass is 387 g/mol. The van der Waals surface area contributed by atoms with Gasteiger partial charge in [0.15, 0.2) is 11.5 Å². The molecular formula is C22H17N3O4. The van der Waals surface area contributed by atoms with E-state index < -0.39 is 5.91 Å². The Morgan fingerprint density at radius 2 is 1.62 bits per heavy atom. The zero-order chi connectivity index (χ0) is 20.1. The summed E-state index contributed by atoms with van der Waals surface area (Å²) in [7, 11) is 0. The second kappa shape index (κ2) is 8.26. The summed E-state index contributed by atoms with van der Waals surface area (Å²) in [4.78, 5) is 24.9. The predicted octanol–water partition coefficient (Wildman–Crippen LogP) is 3.43. The van der Waals surface area contributed by atoms with Gasteiger partial charge in [0.25, 0.3) is 11.8 Å². The van der Waals surface area contributed by atoms with Crippen molar-refractivity contribution in [2.75, 3.05) is 12.1 Å². The van der Waals surface area contributed by atoms with Gasteiger partial charge in [-0.1, -0.05) is 30.3 Å². The molecule has 0 bridgehead atoms. The molecule has 0 aromatic heterocycles. The first kappa shape index (κ1) is 18.2. The van der Waals surface area contributed by atoms with Crippen LogP contribution in [0.25, 0.3) is 0 Å². The highest BCUT2D eigenvalue weighted by molar-refractivity contribution is 6.09. The average Bonchev–Trinajstić information content (AvgIpc) is 3.22. The number of ether oxygens (including phenoxy) is 2. The first-order chi connectivity index (χ1) is 14.2. The lowest BCUT2D eigenvalue weighted by molar-refractivity contribution is 0.0956. The van der Waals surface area contributed by atoms with Crippen LogP contribution in [0.4, 0.5) is 5.69 Å². The smallest absolute Gasteiger partial charge is 0.273 e. The molecule has 7 nitrogen and oxygen atoms in total. The van der Waals surface area contributed by atoms with E-state index in [1.54, 1.807) is 66.7 Å². The number of nitrogens with zero attached hydrogens (tertiary/aromatic N) is 1. The molecule has 1 aliphatic heterocycles. The number of carbonyl (C=O) groups excluding carboxylic acids is 2. The first-order valence-electron chi connectivity index (χ1n) is 8.89. The summed E-state index contributed by atoms with van der Waals surface area (Å²) in [6.45, 7) is 0.193. The molecule has 0 aliphatic carbocycles. The van der Waals surface area contributed by atoms with Crippen LogP contribution in [0, 0.1) is 0 Å². The van der Waals surface area contributed by atoms with Crippen molar-refractivity contribution in [2.24, 2.45) is 5.10 Å². The summed E-state index contributed by atoms with van der Waals surface area (Å²) in [6, 6.07) is 20.9. The fourth-order valence-corrected chi connectivity index (χ4v) is 2.79. The summed E-state index contributed by atoms with van der Waals surface area (Å²) in [5.74, 6) is 0.573. The first-order valence-corrected chi connectivity index (χ1v) is 8.89. The van der Waals surface area contributed by atoms with Crippen LogP contribution in [0.3, 0.4) is 0 Å². The van der Waals surface area contributed by atoms with Crippen molar-refractivity contribution in [2.45, 2.75) is 0 Å². The Morgan fingerprint density at radius 1 is 0.862 bits per heavy atom. The molecule has 0 spiro atoms. The Morgan fingerprint density at radius 3 is 2.48 bits per heavy atom. The largest absolute Gasteiger partial charge is 0.454 e. The molecule has 3 aromatic carbocycles. The summed E-state index contributed by atoms with van der Waals surface area (Å²) in [5.41, 5.74) is 4.43. The van der Waals surface area contributed by atoms with Crippen LogP contribution in [-0.2, 0) is 0 Å². The van der Waals surface area contributed by atoms with Crippen molar-refractivity contribution in [1.82, 2.24) is 5.43 Å². The SMILES string of the molecule is O=C(Nc1ccccc1C(=O)N/N=C/c1ccc2c(c1)OCO2)c1ccccc1. The van der Waals surface area contributed by atoms with E-state index in [2.05, 4.69) is 15.8 Å². The average molecular weight is 387 g/mol. The second-order valence-electron chi connectivity index (χ2n) is 6.18. The van der Waals surface area contributed by atoms with Crippen molar-refractivity contribution in [3.05, 3.63) is 89.5 Å². The van der Waals surface area contributed by atoms with Crippen LogP contribution < -0.4 is 20.2 Å². The van der Waals surface area contributed by atoms with E-state index in [0.717, 1.165) is 5.56 Å². The number of benzene rings is 3. The molecule has 0 unspecified atom stereocenters. The number of nitrogens with one attached hydrogen (secondary N) is 2. The molecule has 0 saturated heterocycles. The fourth-order valence-electron chi connectivity index (χ4n) is 2.79. The van der Waals surface area contributed by atoms with Crippen LogP contribution in [0.15, 0.2) is 77.9 Å². The van der Waals surface area contributed by atoms with Gasteiger partial charge in [-0.15, -0.1) is 0 Å². The molecule has 2 N–H and O–H groups in total. The molecule has 0 fully saturated rings. The number of rotatable bonds is 5. The van der Waals surface area contributed by atoms with Crippen LogP contribution >= 0.6 is 0 Å². The van der Waals surface area contributed by atoms with Crippen LogP contribution in [0.2, 0.25) is 0 Å². The molecule has 29 heavy (non-hydrogen) atoms. The summed E-state index contributed by atoms with van der Waals surface area (Å²) in [5, 5.41) is 6.75. The highest BCUT2D eigenvalue weighted by Gasteiger charge is 2.14. The lowest BCUT2D eigenvalue weighted by Gasteiger charge is -2.10. The van der Waals surface area contributed by atoms with Gasteiger partial charge >= 0.3 is 0 Å². The van der Waals surface area contributed by atoms with Gasteiger partial charge in [0.05, 0.1) is 17.5 Å². The zero-order valence-corrected chi connectivity index (χ0v) is 15.3. The van der Waals surface area contributed by atoms with Crippen molar-refractivity contribution >= 4 is 23.7 Å². The number of anilines is 1. The van der Waals surface area contributed by atoms with E-state index >= 15 is 0 Å². The lowest BCUT2D eigenvalue weighted by Crippen LogP contribution is -2.21. The Balaban J connectivity index is 1.44. The van der Waals surface area contributed by atoms with Gasteiger partial charge in [0, 0.05) is 5.56 Å². The van der Waals surface area contributed by atoms with Crippen LogP contribution in [0.5, 0.6) is 11.5 Å². The fraction of sp³-hybridized carbons (Fsp3) is 0.0455. The molecule has 7 heteroatoms. The zero-order valence-electron chi connectivity index (χ0n) is 15.3. The predicted molar refractivity (Wildman–Crippen MR) is 108 cm³/mol. The Labute approximate surface area is 167 Å². The Kier molecular flexibility index (Phi) is 5.20. The summed E-state index contributed by atoms with van der Waals surface area (Å²) in [6.07, 6.45) is 1.50. The van der Waals surface area contributed by atoms with E-state index in [9.17, 15) is 9.59 Å². The Hall–Kier alpha value is -4.13. The van der Waals surface area contributed by atoms with Crippen molar-refractivity contribution in [3.63, 3.8) is 0 Å². The van der Waals surface area contributed by atoms with Crippen molar-refractivity contribution in [3.8, 4) is 11.5 Å². The minimum atomic E-state index is -0.439. The molecule has 2 amide bonds. The molecule has 1 aliphatic rings. The number of amides is 2. The van der Waals surface area contributed by atoms with E-state index in [-0.39, 0.29) is 12.7 Å². The van der Waals surface area contributed by atoms with Crippen molar-refractivity contribution in [1.29, 1.82) is 0 Å². The number of fused-ring (bicyclic) bond motifs is 1. The maximum Gasteiger partial charge on any atom is 0.273 e.